The first-order valence-electron chi connectivity index (χ1n) is 10.8. The van der Waals surface area contributed by atoms with E-state index in [0.717, 1.165) is 36.5 Å². The molecule has 1 aliphatic heterocycles. The number of nitrogens with one attached hydrogen (secondary N) is 1. The van der Waals surface area contributed by atoms with E-state index in [1.807, 2.05) is 11.8 Å². The number of hydrogen-bond acceptors (Lipinski definition) is 3. The van der Waals surface area contributed by atoms with Crippen LogP contribution in [0.2, 0.25) is 0 Å². The number of ether oxygens (including phenoxy) is 1. The Balaban J connectivity index is 1.55. The highest BCUT2D eigenvalue weighted by molar-refractivity contribution is 7.99. The lowest BCUT2D eigenvalue weighted by Crippen LogP contribution is -2.32. The molecule has 0 saturated carbocycles. The first-order chi connectivity index (χ1) is 14.6. The SMILES string of the molecule is COC1=C(c2ccc3c(c2)C(CSCCc2ccccc2)=CC(C)(C)N3)C=CCC1. The number of hydrogen-bond donors (Lipinski definition) is 1. The summed E-state index contributed by atoms with van der Waals surface area (Å²) in [6.45, 7) is 4.49. The van der Waals surface area contributed by atoms with Gasteiger partial charge in [0.2, 0.25) is 0 Å². The summed E-state index contributed by atoms with van der Waals surface area (Å²) >= 11 is 2.02. The van der Waals surface area contributed by atoms with Crippen molar-refractivity contribution in [2.75, 3.05) is 23.9 Å². The standard InChI is InChI=1S/C27H31NOS/c1-27(2)18-22(19-30-16-15-20-9-5-4-6-10-20)24-17-21(13-14-25(24)28-27)23-11-7-8-12-26(23)29-3/h4-7,9-11,13-14,17-18,28H,8,12,15-16,19H2,1-3H3. The molecular weight excluding hydrogens is 386 g/mol. The number of thioether (sulfide) groups is 1. The zero-order valence-electron chi connectivity index (χ0n) is 18.2. The highest BCUT2D eigenvalue weighted by atomic mass is 32.2. The van der Waals surface area contributed by atoms with Gasteiger partial charge in [-0.25, -0.2) is 0 Å². The predicted molar refractivity (Wildman–Crippen MR) is 132 cm³/mol. The molecule has 1 aliphatic carbocycles. The quantitative estimate of drug-likeness (QED) is 0.492. The molecule has 30 heavy (non-hydrogen) atoms. The Morgan fingerprint density at radius 2 is 1.93 bits per heavy atom. The Kier molecular flexibility index (Phi) is 6.38. The molecule has 1 heterocycles. The molecule has 0 aromatic heterocycles. The van der Waals surface area contributed by atoms with Gasteiger partial charge >= 0.3 is 0 Å². The van der Waals surface area contributed by atoms with Crippen LogP contribution in [-0.4, -0.2) is 24.2 Å². The molecule has 3 heteroatoms. The lowest BCUT2D eigenvalue weighted by Gasteiger charge is -2.33. The van der Waals surface area contributed by atoms with E-state index in [0.29, 0.717) is 0 Å². The monoisotopic (exact) mass is 417 g/mol. The molecule has 2 aromatic rings. The zero-order chi connectivity index (χ0) is 21.0. The van der Waals surface area contributed by atoms with Gasteiger partial charge in [-0.3, -0.25) is 0 Å². The minimum absolute atomic E-state index is 0.0362. The lowest BCUT2D eigenvalue weighted by atomic mass is 9.88. The number of methoxy groups -OCH3 is 1. The van der Waals surface area contributed by atoms with Gasteiger partial charge in [0, 0.05) is 29.0 Å². The summed E-state index contributed by atoms with van der Waals surface area (Å²) in [5.41, 5.74) is 7.80. The van der Waals surface area contributed by atoms with E-state index in [4.69, 9.17) is 4.74 Å². The van der Waals surface area contributed by atoms with E-state index in [9.17, 15) is 0 Å². The molecule has 2 aliphatic rings. The highest BCUT2D eigenvalue weighted by Gasteiger charge is 2.25. The molecule has 1 N–H and O–H groups in total. The summed E-state index contributed by atoms with van der Waals surface area (Å²) in [5, 5.41) is 3.69. The van der Waals surface area contributed by atoms with E-state index >= 15 is 0 Å². The third kappa shape index (κ3) is 4.84. The summed E-state index contributed by atoms with van der Waals surface area (Å²) in [4.78, 5) is 0. The van der Waals surface area contributed by atoms with Gasteiger partial charge in [0.05, 0.1) is 12.6 Å². The van der Waals surface area contributed by atoms with Crippen LogP contribution in [0.1, 0.15) is 43.4 Å². The van der Waals surface area contributed by atoms with Crippen molar-refractivity contribution in [3.05, 3.63) is 89.2 Å². The number of aryl methyl sites for hydroxylation is 1. The molecule has 0 bridgehead atoms. The number of benzene rings is 2. The van der Waals surface area contributed by atoms with Gasteiger partial charge in [0.15, 0.2) is 0 Å². The van der Waals surface area contributed by atoms with Crippen LogP contribution >= 0.6 is 11.8 Å². The van der Waals surface area contributed by atoms with E-state index in [-0.39, 0.29) is 5.54 Å². The maximum atomic E-state index is 5.68. The van der Waals surface area contributed by atoms with Crippen molar-refractivity contribution in [3.63, 3.8) is 0 Å². The van der Waals surface area contributed by atoms with Gasteiger partial charge in [-0.05, 0) is 61.3 Å². The average molecular weight is 418 g/mol. The first kappa shape index (κ1) is 20.9. The van der Waals surface area contributed by atoms with E-state index in [1.54, 1.807) is 7.11 Å². The van der Waals surface area contributed by atoms with Crippen LogP contribution in [0.3, 0.4) is 0 Å². The second-order valence-corrected chi connectivity index (χ2v) is 9.65. The smallest absolute Gasteiger partial charge is 0.104 e. The fourth-order valence-electron chi connectivity index (χ4n) is 4.23. The van der Waals surface area contributed by atoms with Crippen LogP contribution in [0.4, 0.5) is 5.69 Å². The Labute approximate surface area is 185 Å². The number of rotatable bonds is 7. The van der Waals surface area contributed by atoms with Crippen LogP contribution < -0.4 is 5.32 Å². The number of allylic oxidation sites excluding steroid dienone is 4. The van der Waals surface area contributed by atoms with E-state index in [1.165, 1.54) is 33.5 Å². The van der Waals surface area contributed by atoms with Crippen LogP contribution in [0, 0.1) is 0 Å². The minimum atomic E-state index is -0.0362. The predicted octanol–water partition coefficient (Wildman–Crippen LogP) is 6.96. The highest BCUT2D eigenvalue weighted by Crippen LogP contribution is 2.38. The number of fused-ring (bicyclic) bond motifs is 1. The van der Waals surface area contributed by atoms with Gasteiger partial charge in [-0.2, -0.15) is 11.8 Å². The summed E-state index contributed by atoms with van der Waals surface area (Å²) in [6.07, 6.45) is 10.00. The second kappa shape index (κ2) is 9.18. The molecule has 0 unspecified atom stereocenters. The van der Waals surface area contributed by atoms with E-state index in [2.05, 4.69) is 85.9 Å². The maximum Gasteiger partial charge on any atom is 0.104 e. The maximum absolute atomic E-state index is 5.68. The van der Waals surface area contributed by atoms with Gasteiger partial charge in [-0.1, -0.05) is 54.6 Å². The molecule has 0 radical (unpaired) electrons. The fourth-order valence-corrected chi connectivity index (χ4v) is 5.21. The molecule has 4 rings (SSSR count). The third-order valence-corrected chi connectivity index (χ3v) is 6.68. The molecule has 0 atom stereocenters. The molecule has 2 aromatic carbocycles. The molecule has 0 fully saturated rings. The molecular formula is C27H31NOS. The Morgan fingerprint density at radius 3 is 2.73 bits per heavy atom. The largest absolute Gasteiger partial charge is 0.500 e. The zero-order valence-corrected chi connectivity index (χ0v) is 19.0. The van der Waals surface area contributed by atoms with Gasteiger partial charge in [0.1, 0.15) is 5.76 Å². The van der Waals surface area contributed by atoms with E-state index < -0.39 is 0 Å². The van der Waals surface area contributed by atoms with Crippen LogP contribution in [0.15, 0.2) is 72.5 Å². The molecule has 156 valence electrons. The first-order valence-corrected chi connectivity index (χ1v) is 11.9. The summed E-state index contributed by atoms with van der Waals surface area (Å²) in [5.74, 6) is 3.25. The van der Waals surface area contributed by atoms with Crippen LogP contribution in [-0.2, 0) is 11.2 Å². The molecule has 0 saturated heterocycles. The lowest BCUT2D eigenvalue weighted by molar-refractivity contribution is 0.279. The minimum Gasteiger partial charge on any atom is -0.500 e. The summed E-state index contributed by atoms with van der Waals surface area (Å²) in [6, 6.07) is 17.6. The topological polar surface area (TPSA) is 21.3 Å². The van der Waals surface area contributed by atoms with Crippen LogP contribution in [0.5, 0.6) is 0 Å². The fraction of sp³-hybridized carbons (Fsp3) is 0.333. The average Bonchev–Trinajstić information content (AvgIpc) is 2.76. The Bertz CT molecular complexity index is 985. The summed E-state index contributed by atoms with van der Waals surface area (Å²) < 4.78 is 5.68. The Hall–Kier alpha value is -2.39. The van der Waals surface area contributed by atoms with Gasteiger partial charge in [-0.15, -0.1) is 0 Å². The number of anilines is 1. The normalized spacial score (nSPS) is 17.2. The van der Waals surface area contributed by atoms with Crippen molar-refractivity contribution in [2.45, 2.75) is 38.6 Å². The van der Waals surface area contributed by atoms with Crippen molar-refractivity contribution < 1.29 is 4.74 Å². The second-order valence-electron chi connectivity index (χ2n) is 8.55. The van der Waals surface area contributed by atoms with Gasteiger partial charge in [0.25, 0.3) is 0 Å². The summed E-state index contributed by atoms with van der Waals surface area (Å²) in [7, 11) is 1.78. The van der Waals surface area contributed by atoms with Crippen molar-refractivity contribution in [1.82, 2.24) is 0 Å². The van der Waals surface area contributed by atoms with Gasteiger partial charge < -0.3 is 10.1 Å². The van der Waals surface area contributed by atoms with Crippen molar-refractivity contribution in [2.24, 2.45) is 0 Å². The Morgan fingerprint density at radius 1 is 1.10 bits per heavy atom. The van der Waals surface area contributed by atoms with Crippen LogP contribution in [0.25, 0.3) is 11.1 Å². The van der Waals surface area contributed by atoms with Crippen molar-refractivity contribution in [1.29, 1.82) is 0 Å². The molecule has 2 nitrogen and oxygen atoms in total. The molecule has 0 spiro atoms. The third-order valence-electron chi connectivity index (χ3n) is 5.67. The van der Waals surface area contributed by atoms with Crippen molar-refractivity contribution >= 4 is 28.6 Å². The van der Waals surface area contributed by atoms with Crippen molar-refractivity contribution in [3.8, 4) is 0 Å². The molecule has 0 amide bonds.